The number of nitrogens with one attached hydrogen (secondary N) is 1. The van der Waals surface area contributed by atoms with Crippen molar-refractivity contribution < 1.29 is 17.9 Å². The fraction of sp³-hybridized carbons (Fsp3) is 0.350. The number of carbonyl (C=O) groups excluding carboxylic acids is 1. The van der Waals surface area contributed by atoms with Crippen LogP contribution < -0.4 is 9.46 Å². The van der Waals surface area contributed by atoms with Gasteiger partial charge in [-0.2, -0.15) is 0 Å². The van der Waals surface area contributed by atoms with Gasteiger partial charge in [-0.05, 0) is 49.2 Å². The van der Waals surface area contributed by atoms with Gasteiger partial charge in [-0.15, -0.1) is 0 Å². The van der Waals surface area contributed by atoms with Crippen LogP contribution in [0.5, 0.6) is 5.75 Å². The third kappa shape index (κ3) is 6.69. The number of sulfonamides is 1. The average Bonchev–Trinajstić information content (AvgIpc) is 2.61. The maximum atomic E-state index is 12.2. The smallest absolute Gasteiger partial charge is 0.240 e. The second kappa shape index (κ2) is 9.53. The first-order chi connectivity index (χ1) is 12.8. The van der Waals surface area contributed by atoms with Crippen molar-refractivity contribution in [1.82, 2.24) is 9.62 Å². The van der Waals surface area contributed by atoms with E-state index in [-0.39, 0.29) is 23.8 Å². The van der Waals surface area contributed by atoms with Gasteiger partial charge < -0.3 is 9.64 Å². The van der Waals surface area contributed by atoms with Crippen LogP contribution in [0, 0.1) is 13.8 Å². The first-order valence-corrected chi connectivity index (χ1v) is 10.3. The van der Waals surface area contributed by atoms with Crippen LogP contribution in [0.1, 0.15) is 17.5 Å². The zero-order chi connectivity index (χ0) is 19.9. The molecule has 1 N–H and O–H groups in total. The highest BCUT2D eigenvalue weighted by molar-refractivity contribution is 7.89. The van der Waals surface area contributed by atoms with Crippen molar-refractivity contribution in [3.63, 3.8) is 0 Å². The standard InChI is InChI=1S/C20H26N2O4S/c1-16-13-17(2)15-18(14-16)26-12-11-22(3)20(23)9-10-21-27(24,25)19-7-5-4-6-8-19/h4-8,13-15,21H,9-12H2,1-3H3. The summed E-state index contributed by atoms with van der Waals surface area (Å²) in [4.78, 5) is 13.9. The number of nitrogens with zero attached hydrogens (tertiary/aromatic N) is 1. The van der Waals surface area contributed by atoms with Gasteiger partial charge in [-0.25, -0.2) is 13.1 Å². The molecule has 0 saturated heterocycles. The van der Waals surface area contributed by atoms with Gasteiger partial charge >= 0.3 is 0 Å². The van der Waals surface area contributed by atoms with Crippen LogP contribution in [0.2, 0.25) is 0 Å². The van der Waals surface area contributed by atoms with E-state index in [1.807, 2.05) is 26.0 Å². The maximum Gasteiger partial charge on any atom is 0.240 e. The normalized spacial score (nSPS) is 11.2. The Labute approximate surface area is 161 Å². The summed E-state index contributed by atoms with van der Waals surface area (Å²) in [6.45, 7) is 4.87. The van der Waals surface area contributed by atoms with E-state index in [2.05, 4.69) is 10.8 Å². The van der Waals surface area contributed by atoms with Crippen molar-refractivity contribution in [3.05, 3.63) is 59.7 Å². The molecule has 0 aliphatic heterocycles. The lowest BCUT2D eigenvalue weighted by Crippen LogP contribution is -2.34. The van der Waals surface area contributed by atoms with E-state index in [1.54, 1.807) is 30.1 Å². The van der Waals surface area contributed by atoms with Crippen LogP contribution in [0.15, 0.2) is 53.4 Å². The maximum absolute atomic E-state index is 12.2. The Morgan fingerprint density at radius 3 is 2.33 bits per heavy atom. The molecule has 0 aliphatic rings. The van der Waals surface area contributed by atoms with E-state index in [0.29, 0.717) is 13.2 Å². The lowest BCUT2D eigenvalue weighted by Gasteiger charge is -2.18. The number of hydrogen-bond donors (Lipinski definition) is 1. The quantitative estimate of drug-likeness (QED) is 0.714. The highest BCUT2D eigenvalue weighted by Crippen LogP contribution is 2.16. The molecular weight excluding hydrogens is 364 g/mol. The van der Waals surface area contributed by atoms with E-state index in [0.717, 1.165) is 16.9 Å². The zero-order valence-electron chi connectivity index (χ0n) is 15.9. The topological polar surface area (TPSA) is 75.7 Å². The van der Waals surface area contributed by atoms with Crippen LogP contribution in [-0.4, -0.2) is 46.0 Å². The molecule has 2 rings (SSSR count). The SMILES string of the molecule is Cc1cc(C)cc(OCCN(C)C(=O)CCNS(=O)(=O)c2ccccc2)c1. The minimum atomic E-state index is -3.59. The monoisotopic (exact) mass is 390 g/mol. The molecule has 1 amide bonds. The van der Waals surface area contributed by atoms with Crippen molar-refractivity contribution in [1.29, 1.82) is 0 Å². The summed E-state index contributed by atoms with van der Waals surface area (Å²) in [5, 5.41) is 0. The second-order valence-corrected chi connectivity index (χ2v) is 8.21. The van der Waals surface area contributed by atoms with Crippen LogP contribution in [0.4, 0.5) is 0 Å². The van der Waals surface area contributed by atoms with E-state index < -0.39 is 10.0 Å². The third-order valence-corrected chi connectivity index (χ3v) is 5.48. The number of rotatable bonds is 9. The Bertz CT molecular complexity index is 847. The Morgan fingerprint density at radius 2 is 1.70 bits per heavy atom. The molecule has 0 fully saturated rings. The number of carbonyl (C=O) groups is 1. The molecule has 0 aromatic heterocycles. The van der Waals surface area contributed by atoms with Crippen LogP contribution in [0.25, 0.3) is 0 Å². The van der Waals surface area contributed by atoms with Gasteiger partial charge in [0.2, 0.25) is 15.9 Å². The van der Waals surface area contributed by atoms with Gasteiger partial charge in [0.1, 0.15) is 12.4 Å². The molecule has 2 aromatic carbocycles. The fourth-order valence-electron chi connectivity index (χ4n) is 2.61. The fourth-order valence-corrected chi connectivity index (χ4v) is 3.66. The molecule has 0 saturated carbocycles. The lowest BCUT2D eigenvalue weighted by atomic mass is 10.1. The molecule has 7 heteroatoms. The van der Waals surface area contributed by atoms with Gasteiger partial charge in [0.15, 0.2) is 0 Å². The second-order valence-electron chi connectivity index (χ2n) is 6.45. The Hall–Kier alpha value is -2.38. The molecule has 0 heterocycles. The molecule has 0 spiro atoms. The van der Waals surface area contributed by atoms with Gasteiger partial charge in [-0.1, -0.05) is 24.3 Å². The largest absolute Gasteiger partial charge is 0.492 e. The predicted octanol–water partition coefficient (Wildman–Crippen LogP) is 2.51. The number of benzene rings is 2. The number of amides is 1. The molecular formula is C20H26N2O4S. The minimum absolute atomic E-state index is 0.0539. The summed E-state index contributed by atoms with van der Waals surface area (Å²) in [6, 6.07) is 14.1. The van der Waals surface area contributed by atoms with Crippen molar-refractivity contribution in [3.8, 4) is 5.75 Å². The molecule has 6 nitrogen and oxygen atoms in total. The minimum Gasteiger partial charge on any atom is -0.492 e. The van der Waals surface area contributed by atoms with Gasteiger partial charge in [0, 0.05) is 20.0 Å². The summed E-state index contributed by atoms with van der Waals surface area (Å²) in [7, 11) is -1.91. The number of likely N-dealkylation sites (N-methyl/N-ethyl adjacent to an activating group) is 1. The number of ether oxygens (including phenoxy) is 1. The number of hydrogen-bond acceptors (Lipinski definition) is 4. The van der Waals surface area contributed by atoms with Crippen molar-refractivity contribution in [2.24, 2.45) is 0 Å². The number of aryl methyl sites for hydroxylation is 2. The molecule has 0 radical (unpaired) electrons. The van der Waals surface area contributed by atoms with Gasteiger partial charge in [0.05, 0.1) is 11.4 Å². The van der Waals surface area contributed by atoms with Crippen molar-refractivity contribution in [2.75, 3.05) is 26.7 Å². The van der Waals surface area contributed by atoms with Crippen molar-refractivity contribution in [2.45, 2.75) is 25.2 Å². The predicted molar refractivity (Wildman–Crippen MR) is 105 cm³/mol. The first kappa shape index (κ1) is 20.9. The molecule has 0 unspecified atom stereocenters. The summed E-state index contributed by atoms with van der Waals surface area (Å²) >= 11 is 0. The Kier molecular flexibility index (Phi) is 7.38. The Balaban J connectivity index is 1.74. The highest BCUT2D eigenvalue weighted by atomic mass is 32.2. The van der Waals surface area contributed by atoms with Gasteiger partial charge in [-0.3, -0.25) is 4.79 Å². The molecule has 0 atom stereocenters. The molecule has 146 valence electrons. The Morgan fingerprint density at radius 1 is 1.07 bits per heavy atom. The van der Waals surface area contributed by atoms with E-state index in [1.165, 1.54) is 12.1 Å². The molecule has 0 bridgehead atoms. The average molecular weight is 391 g/mol. The van der Waals surface area contributed by atoms with Crippen molar-refractivity contribution >= 4 is 15.9 Å². The zero-order valence-corrected chi connectivity index (χ0v) is 16.8. The van der Waals surface area contributed by atoms with E-state index in [9.17, 15) is 13.2 Å². The van der Waals surface area contributed by atoms with Crippen LogP contribution in [0.3, 0.4) is 0 Å². The highest BCUT2D eigenvalue weighted by Gasteiger charge is 2.15. The van der Waals surface area contributed by atoms with E-state index in [4.69, 9.17) is 4.74 Å². The summed E-state index contributed by atoms with van der Waals surface area (Å²) in [5.41, 5.74) is 2.25. The summed E-state index contributed by atoms with van der Waals surface area (Å²) in [6.07, 6.45) is 0.0894. The molecule has 0 aliphatic carbocycles. The van der Waals surface area contributed by atoms with Gasteiger partial charge in [0.25, 0.3) is 0 Å². The van der Waals surface area contributed by atoms with E-state index >= 15 is 0 Å². The molecule has 27 heavy (non-hydrogen) atoms. The first-order valence-electron chi connectivity index (χ1n) is 8.78. The lowest BCUT2D eigenvalue weighted by molar-refractivity contribution is -0.130. The third-order valence-electron chi connectivity index (χ3n) is 4.00. The summed E-state index contributed by atoms with van der Waals surface area (Å²) in [5.74, 6) is 0.638. The van der Waals surface area contributed by atoms with Crippen LogP contribution in [-0.2, 0) is 14.8 Å². The molecule has 2 aromatic rings. The van der Waals surface area contributed by atoms with Crippen LogP contribution >= 0.6 is 0 Å². The summed E-state index contributed by atoms with van der Waals surface area (Å²) < 4.78 is 32.4.